The third kappa shape index (κ3) is 2.93. The van der Waals surface area contributed by atoms with E-state index in [-0.39, 0.29) is 12.1 Å². The third-order valence-electron chi connectivity index (χ3n) is 3.38. The van der Waals surface area contributed by atoms with Gasteiger partial charge in [0.05, 0.1) is 13.2 Å². The minimum Gasteiger partial charge on any atom is -0.346 e. The van der Waals surface area contributed by atoms with Crippen LogP contribution in [0.2, 0.25) is 0 Å². The average molecular weight is 298 g/mol. The summed E-state index contributed by atoms with van der Waals surface area (Å²) in [7, 11) is 0. The van der Waals surface area contributed by atoms with Gasteiger partial charge in [-0.05, 0) is 11.6 Å². The van der Waals surface area contributed by atoms with Crippen molar-refractivity contribution in [3.63, 3.8) is 0 Å². The number of thiocarbonyl (C=S) groups is 1. The van der Waals surface area contributed by atoms with Gasteiger partial charge in [-0.25, -0.2) is 0 Å². The van der Waals surface area contributed by atoms with E-state index in [0.29, 0.717) is 24.3 Å². The van der Waals surface area contributed by atoms with Crippen molar-refractivity contribution in [1.29, 1.82) is 0 Å². The molecule has 0 atom stereocenters. The van der Waals surface area contributed by atoms with Crippen LogP contribution in [0.3, 0.4) is 0 Å². The lowest BCUT2D eigenvalue weighted by Crippen LogP contribution is -2.06. The smallest absolute Gasteiger partial charge is 0.193 e. The monoisotopic (exact) mass is 298 g/mol. The molecule has 1 heterocycles. The normalized spacial score (nSPS) is 15.0. The maximum absolute atomic E-state index is 12.6. The Labute approximate surface area is 128 Å². The van der Waals surface area contributed by atoms with Gasteiger partial charge in [-0.1, -0.05) is 54.7 Å². The maximum atomic E-state index is 12.6. The maximum Gasteiger partial charge on any atom is 0.193 e. The number of hydrogen-bond acceptors (Lipinski definition) is 4. The molecule has 3 rings (SSSR count). The molecule has 0 bridgehead atoms. The van der Waals surface area contributed by atoms with Crippen LogP contribution in [0.5, 0.6) is 0 Å². The molecule has 3 nitrogen and oxygen atoms in total. The molecule has 1 saturated heterocycles. The Morgan fingerprint density at radius 2 is 1.86 bits per heavy atom. The summed E-state index contributed by atoms with van der Waals surface area (Å²) in [4.78, 5) is 12.6. The van der Waals surface area contributed by atoms with Gasteiger partial charge in [0.2, 0.25) is 0 Å². The molecule has 1 fully saturated rings. The largest absolute Gasteiger partial charge is 0.346 e. The zero-order valence-corrected chi connectivity index (χ0v) is 12.1. The van der Waals surface area contributed by atoms with Crippen LogP contribution in [0, 0.1) is 0 Å². The number of hydrogen-bond donors (Lipinski definition) is 0. The summed E-state index contributed by atoms with van der Waals surface area (Å²) in [6.45, 7) is 1.16. The van der Waals surface area contributed by atoms with E-state index in [1.54, 1.807) is 12.1 Å². The zero-order valence-electron chi connectivity index (χ0n) is 11.3. The minimum absolute atomic E-state index is 0.0495. The molecule has 1 aliphatic rings. The van der Waals surface area contributed by atoms with Crippen molar-refractivity contribution < 1.29 is 14.3 Å². The van der Waals surface area contributed by atoms with Gasteiger partial charge in [0.15, 0.2) is 12.1 Å². The molecular weight excluding hydrogens is 284 g/mol. The fourth-order valence-electron chi connectivity index (χ4n) is 2.34. The molecule has 0 aliphatic carbocycles. The van der Waals surface area contributed by atoms with Crippen LogP contribution in [0.4, 0.5) is 0 Å². The van der Waals surface area contributed by atoms with Crippen LogP contribution >= 0.6 is 12.2 Å². The fourth-order valence-corrected chi connectivity index (χ4v) is 2.54. The van der Waals surface area contributed by atoms with E-state index in [1.165, 1.54) is 5.37 Å². The summed E-state index contributed by atoms with van der Waals surface area (Å²) in [6.07, 6.45) is -0.376. The van der Waals surface area contributed by atoms with Crippen molar-refractivity contribution in [2.24, 2.45) is 0 Å². The van der Waals surface area contributed by atoms with E-state index in [2.05, 4.69) is 0 Å². The van der Waals surface area contributed by atoms with Crippen molar-refractivity contribution in [3.8, 4) is 0 Å². The molecule has 0 spiro atoms. The first kappa shape index (κ1) is 14.1. The summed E-state index contributed by atoms with van der Waals surface area (Å²) in [6, 6.07) is 14.7. The van der Waals surface area contributed by atoms with Crippen LogP contribution in [-0.4, -0.2) is 24.4 Å². The Morgan fingerprint density at radius 1 is 1.10 bits per heavy atom. The van der Waals surface area contributed by atoms with Crippen LogP contribution < -0.4 is 0 Å². The van der Waals surface area contributed by atoms with Crippen molar-refractivity contribution in [2.45, 2.75) is 6.29 Å². The third-order valence-corrected chi connectivity index (χ3v) is 3.63. The summed E-state index contributed by atoms with van der Waals surface area (Å²) in [5.41, 5.74) is 2.84. The quantitative estimate of drug-likeness (QED) is 0.641. The van der Waals surface area contributed by atoms with Crippen molar-refractivity contribution in [1.82, 2.24) is 0 Å². The molecule has 0 unspecified atom stereocenters. The lowest BCUT2D eigenvalue weighted by Gasteiger charge is -2.11. The number of carbonyl (C=O) groups is 1. The fraction of sp³-hybridized carbons (Fsp3) is 0.176. The van der Waals surface area contributed by atoms with E-state index >= 15 is 0 Å². The van der Waals surface area contributed by atoms with E-state index < -0.39 is 0 Å². The average Bonchev–Trinajstić information content (AvgIpc) is 3.09. The highest BCUT2D eigenvalue weighted by atomic mass is 32.1. The van der Waals surface area contributed by atoms with Gasteiger partial charge in [-0.2, -0.15) is 0 Å². The lowest BCUT2D eigenvalue weighted by atomic mass is 9.98. The predicted molar refractivity (Wildman–Crippen MR) is 83.7 cm³/mol. The van der Waals surface area contributed by atoms with Crippen molar-refractivity contribution in [3.05, 3.63) is 70.8 Å². The SMILES string of the molecule is O=C(c1cccc(C2OCCO2)c1)c1ccccc1C=S. The Bertz CT molecular complexity index is 675. The Balaban J connectivity index is 1.94. The summed E-state index contributed by atoms with van der Waals surface area (Å²) >= 11 is 4.97. The molecule has 0 saturated carbocycles. The van der Waals surface area contributed by atoms with E-state index in [0.717, 1.165) is 11.1 Å². The number of ketones is 1. The molecule has 0 radical (unpaired) electrons. The van der Waals surface area contributed by atoms with Gasteiger partial charge in [-0.3, -0.25) is 4.79 Å². The molecule has 2 aromatic carbocycles. The second-order valence-corrected chi connectivity index (χ2v) is 4.97. The highest BCUT2D eigenvalue weighted by Gasteiger charge is 2.20. The molecule has 106 valence electrons. The minimum atomic E-state index is -0.376. The molecule has 0 aromatic heterocycles. The summed E-state index contributed by atoms with van der Waals surface area (Å²) in [5, 5.41) is 1.53. The second-order valence-electron chi connectivity index (χ2n) is 4.73. The van der Waals surface area contributed by atoms with E-state index in [4.69, 9.17) is 21.7 Å². The van der Waals surface area contributed by atoms with Crippen molar-refractivity contribution in [2.75, 3.05) is 13.2 Å². The highest BCUT2D eigenvalue weighted by molar-refractivity contribution is 7.79. The van der Waals surface area contributed by atoms with Gasteiger partial charge >= 0.3 is 0 Å². The second kappa shape index (κ2) is 6.26. The van der Waals surface area contributed by atoms with Crippen LogP contribution in [-0.2, 0) is 9.47 Å². The molecule has 0 amide bonds. The molecule has 0 N–H and O–H groups in total. The van der Waals surface area contributed by atoms with Gasteiger partial charge in [-0.15, -0.1) is 0 Å². The molecule has 21 heavy (non-hydrogen) atoms. The molecule has 4 heteroatoms. The summed E-state index contributed by atoms with van der Waals surface area (Å²) in [5.74, 6) is -0.0495. The first-order chi connectivity index (χ1) is 10.3. The predicted octanol–water partition coefficient (Wildman–Crippen LogP) is 3.31. The van der Waals surface area contributed by atoms with Crippen molar-refractivity contribution >= 4 is 23.4 Å². The lowest BCUT2D eigenvalue weighted by molar-refractivity contribution is -0.0441. The van der Waals surface area contributed by atoms with Crippen LogP contribution in [0.15, 0.2) is 48.5 Å². The molecule has 1 aliphatic heterocycles. The zero-order chi connectivity index (χ0) is 14.7. The molecular formula is C17H14O3S. The van der Waals surface area contributed by atoms with Crippen LogP contribution in [0.1, 0.15) is 33.3 Å². The number of rotatable bonds is 4. The number of benzene rings is 2. The number of carbonyl (C=O) groups excluding carboxylic acids is 1. The summed E-state index contributed by atoms with van der Waals surface area (Å²) < 4.78 is 10.9. The highest BCUT2D eigenvalue weighted by Crippen LogP contribution is 2.25. The van der Waals surface area contributed by atoms with E-state index in [1.807, 2.05) is 36.4 Å². The van der Waals surface area contributed by atoms with E-state index in [9.17, 15) is 4.79 Å². The molecule has 2 aromatic rings. The Morgan fingerprint density at radius 3 is 2.62 bits per heavy atom. The standard InChI is InChI=1S/C17H14O3S/c18-16(15-7-2-1-4-14(15)11-21)12-5-3-6-13(10-12)17-19-8-9-20-17/h1-7,10-11,17H,8-9H2. The first-order valence-electron chi connectivity index (χ1n) is 6.71. The van der Waals surface area contributed by atoms with Gasteiger partial charge in [0.1, 0.15) is 0 Å². The van der Waals surface area contributed by atoms with Gasteiger partial charge in [0.25, 0.3) is 0 Å². The van der Waals surface area contributed by atoms with Gasteiger partial charge in [0, 0.05) is 22.1 Å². The van der Waals surface area contributed by atoms with Crippen LogP contribution in [0.25, 0.3) is 0 Å². The Hall–Kier alpha value is -1.88. The first-order valence-corrected chi connectivity index (χ1v) is 7.19. The topological polar surface area (TPSA) is 35.5 Å². The number of ether oxygens (including phenoxy) is 2. The van der Waals surface area contributed by atoms with Gasteiger partial charge < -0.3 is 9.47 Å². The Kier molecular flexibility index (Phi) is 4.20.